The number of nitrogens with zero attached hydrogens (tertiary/aromatic N) is 3. The Morgan fingerprint density at radius 3 is 2.08 bits per heavy atom. The van der Waals surface area contributed by atoms with Crippen molar-refractivity contribution < 1.29 is 22.7 Å². The van der Waals surface area contributed by atoms with E-state index in [1.165, 1.54) is 8.61 Å². The van der Waals surface area contributed by atoms with Crippen LogP contribution in [0.5, 0.6) is 0 Å². The normalized spacial score (nSPS) is 25.5. The first-order chi connectivity index (χ1) is 12.0. The first-order valence-corrected chi connectivity index (χ1v) is 10.3. The molecular weight excluding hydrogens is 384 g/mol. The van der Waals surface area contributed by atoms with Gasteiger partial charge in [0.2, 0.25) is 0 Å². The number of halogens is 1. The Labute approximate surface area is 161 Å². The van der Waals surface area contributed by atoms with Crippen LogP contribution in [0.25, 0.3) is 0 Å². The molecule has 1 amide bonds. The summed E-state index contributed by atoms with van der Waals surface area (Å²) in [4.78, 5) is 14.7. The Hall–Kier alpha value is -0.490. The van der Waals surface area contributed by atoms with Crippen molar-refractivity contribution >= 4 is 28.5 Å². The van der Waals surface area contributed by atoms with Crippen molar-refractivity contribution in [2.75, 3.05) is 72.7 Å². The van der Waals surface area contributed by atoms with Crippen molar-refractivity contribution in [3.63, 3.8) is 0 Å². The molecular formula is C15H29ClN4O5S. The second-order valence-corrected chi connectivity index (χ2v) is 8.59. The summed E-state index contributed by atoms with van der Waals surface area (Å²) in [5, 5.41) is 3.24. The predicted octanol–water partition coefficient (Wildman–Crippen LogP) is -1.10. The molecule has 0 unspecified atom stereocenters. The Morgan fingerprint density at radius 1 is 1.00 bits per heavy atom. The number of carbonyl (C=O) groups excluding carboxylic acids is 1. The third kappa shape index (κ3) is 4.32. The van der Waals surface area contributed by atoms with E-state index in [0.29, 0.717) is 65.3 Å². The summed E-state index contributed by atoms with van der Waals surface area (Å²) in [5.41, 5.74) is -0.767. The third-order valence-electron chi connectivity index (χ3n) is 5.34. The Kier molecular flexibility index (Phi) is 7.66. The number of hydrogen-bond acceptors (Lipinski definition) is 6. The summed E-state index contributed by atoms with van der Waals surface area (Å²) in [6, 6.07) is 0. The number of piperazine rings is 1. The minimum absolute atomic E-state index is 0. The molecule has 0 aromatic rings. The number of morpholine rings is 1. The average Bonchev–Trinajstić information content (AvgIpc) is 2.68. The lowest BCUT2D eigenvalue weighted by Gasteiger charge is -2.42. The highest BCUT2D eigenvalue weighted by Crippen LogP contribution is 2.26. The summed E-state index contributed by atoms with van der Waals surface area (Å²) in [5.74, 6) is -0.0140. The van der Waals surface area contributed by atoms with Gasteiger partial charge in [0.1, 0.15) is 5.60 Å². The molecule has 0 spiro atoms. The van der Waals surface area contributed by atoms with Crippen LogP contribution in [0, 0.1) is 0 Å². The van der Waals surface area contributed by atoms with Crippen LogP contribution in [0.3, 0.4) is 0 Å². The van der Waals surface area contributed by atoms with E-state index < -0.39 is 15.8 Å². The van der Waals surface area contributed by atoms with Gasteiger partial charge in [0.15, 0.2) is 0 Å². The molecule has 0 aromatic carbocycles. The summed E-state index contributed by atoms with van der Waals surface area (Å²) < 4.78 is 39.2. The average molecular weight is 413 g/mol. The zero-order valence-corrected chi connectivity index (χ0v) is 16.8. The van der Waals surface area contributed by atoms with Gasteiger partial charge in [0.25, 0.3) is 16.1 Å². The maximum Gasteiger partial charge on any atom is 0.282 e. The van der Waals surface area contributed by atoms with Crippen molar-refractivity contribution in [3.8, 4) is 0 Å². The smallest absolute Gasteiger partial charge is 0.282 e. The topological polar surface area (TPSA) is 91.4 Å². The maximum absolute atomic E-state index is 12.9. The van der Waals surface area contributed by atoms with Crippen molar-refractivity contribution in [2.24, 2.45) is 0 Å². The molecule has 0 atom stereocenters. The van der Waals surface area contributed by atoms with Gasteiger partial charge in [-0.15, -0.1) is 12.4 Å². The molecule has 152 valence electrons. The van der Waals surface area contributed by atoms with Gasteiger partial charge in [-0.25, -0.2) is 0 Å². The highest BCUT2D eigenvalue weighted by atomic mass is 35.5. The lowest BCUT2D eigenvalue weighted by atomic mass is 9.90. The van der Waals surface area contributed by atoms with E-state index in [1.807, 2.05) is 0 Å². The number of amides is 1. The van der Waals surface area contributed by atoms with Gasteiger partial charge in [0, 0.05) is 46.4 Å². The van der Waals surface area contributed by atoms with E-state index in [2.05, 4.69) is 5.32 Å². The molecule has 1 N–H and O–H groups in total. The molecule has 3 rings (SSSR count). The quantitative estimate of drug-likeness (QED) is 0.630. The third-order valence-corrected chi connectivity index (χ3v) is 7.38. The van der Waals surface area contributed by atoms with Gasteiger partial charge >= 0.3 is 0 Å². The molecule has 3 fully saturated rings. The lowest BCUT2D eigenvalue weighted by molar-refractivity contribution is -0.159. The van der Waals surface area contributed by atoms with Crippen molar-refractivity contribution in [1.82, 2.24) is 18.8 Å². The highest BCUT2D eigenvalue weighted by Gasteiger charge is 2.44. The van der Waals surface area contributed by atoms with E-state index in [4.69, 9.17) is 9.47 Å². The van der Waals surface area contributed by atoms with Crippen LogP contribution in [0.1, 0.15) is 12.8 Å². The van der Waals surface area contributed by atoms with Crippen molar-refractivity contribution in [1.29, 1.82) is 0 Å². The molecule has 0 aromatic heterocycles. The molecule has 0 bridgehead atoms. The number of piperidine rings is 1. The molecule has 0 saturated carbocycles. The van der Waals surface area contributed by atoms with Gasteiger partial charge in [-0.3, -0.25) is 4.79 Å². The zero-order valence-electron chi connectivity index (χ0n) is 15.2. The summed E-state index contributed by atoms with van der Waals surface area (Å²) >= 11 is 0. The minimum Gasteiger partial charge on any atom is -0.379 e. The van der Waals surface area contributed by atoms with E-state index >= 15 is 0 Å². The lowest BCUT2D eigenvalue weighted by Crippen LogP contribution is -2.61. The second-order valence-electron chi connectivity index (χ2n) is 6.66. The van der Waals surface area contributed by atoms with Gasteiger partial charge in [-0.2, -0.15) is 17.0 Å². The van der Waals surface area contributed by atoms with Crippen LogP contribution in [0.15, 0.2) is 0 Å². The monoisotopic (exact) mass is 412 g/mol. The molecule has 3 heterocycles. The van der Waals surface area contributed by atoms with Gasteiger partial charge in [-0.05, 0) is 25.9 Å². The van der Waals surface area contributed by atoms with Gasteiger partial charge in [-0.1, -0.05) is 0 Å². The van der Waals surface area contributed by atoms with Gasteiger partial charge < -0.3 is 19.7 Å². The molecule has 9 nitrogen and oxygen atoms in total. The first kappa shape index (κ1) is 21.8. The largest absolute Gasteiger partial charge is 0.379 e. The number of methoxy groups -OCH3 is 1. The van der Waals surface area contributed by atoms with Crippen LogP contribution in [-0.4, -0.2) is 106 Å². The number of rotatable bonds is 4. The SMILES string of the molecule is COC1(C(=O)N2CCN(S(=O)(=O)N3CCOCC3)CC2)CCNCC1.Cl. The van der Waals surface area contributed by atoms with Gasteiger partial charge in [0.05, 0.1) is 13.2 Å². The fourth-order valence-electron chi connectivity index (χ4n) is 3.69. The fraction of sp³-hybridized carbons (Fsp3) is 0.933. The van der Waals surface area contributed by atoms with Crippen LogP contribution in [-0.2, 0) is 24.5 Å². The number of carbonyl (C=O) groups is 1. The molecule has 3 aliphatic heterocycles. The molecule has 11 heteroatoms. The van der Waals surface area contributed by atoms with Crippen LogP contribution in [0.2, 0.25) is 0 Å². The van der Waals surface area contributed by atoms with Crippen LogP contribution in [0.4, 0.5) is 0 Å². The molecule has 26 heavy (non-hydrogen) atoms. The predicted molar refractivity (Wildman–Crippen MR) is 98.6 cm³/mol. The van der Waals surface area contributed by atoms with E-state index in [1.54, 1.807) is 12.0 Å². The summed E-state index contributed by atoms with van der Waals surface area (Å²) in [6.07, 6.45) is 1.29. The van der Waals surface area contributed by atoms with Crippen LogP contribution >= 0.6 is 12.4 Å². The fourth-order valence-corrected chi connectivity index (χ4v) is 5.25. The van der Waals surface area contributed by atoms with Crippen LogP contribution < -0.4 is 5.32 Å². The maximum atomic E-state index is 12.9. The van der Waals surface area contributed by atoms with E-state index in [0.717, 1.165) is 13.1 Å². The minimum atomic E-state index is -3.47. The second kappa shape index (κ2) is 9.13. The van der Waals surface area contributed by atoms with Crippen molar-refractivity contribution in [2.45, 2.75) is 18.4 Å². The summed E-state index contributed by atoms with van der Waals surface area (Å²) in [6.45, 7) is 4.61. The molecule has 3 aliphatic rings. The molecule has 0 aliphatic carbocycles. The Balaban J connectivity index is 0.00000243. The van der Waals surface area contributed by atoms with Crippen molar-refractivity contribution in [3.05, 3.63) is 0 Å². The first-order valence-electron chi connectivity index (χ1n) is 8.88. The molecule has 3 saturated heterocycles. The Bertz CT molecular complexity index is 571. The number of hydrogen-bond donors (Lipinski definition) is 1. The molecule has 0 radical (unpaired) electrons. The highest BCUT2D eigenvalue weighted by molar-refractivity contribution is 7.86. The zero-order chi connectivity index (χ0) is 17.9. The van der Waals surface area contributed by atoms with E-state index in [-0.39, 0.29) is 18.3 Å². The van der Waals surface area contributed by atoms with E-state index in [9.17, 15) is 13.2 Å². The Morgan fingerprint density at radius 2 is 1.54 bits per heavy atom. The number of ether oxygens (including phenoxy) is 2. The number of nitrogens with one attached hydrogen (secondary N) is 1. The summed E-state index contributed by atoms with van der Waals surface area (Å²) in [7, 11) is -1.89. The standard InChI is InChI=1S/C15H28N4O5S.ClH/c1-23-15(2-4-16-5-3-15)14(20)17-6-8-18(9-7-17)25(21,22)19-10-12-24-13-11-19;/h16H,2-13H2,1H3;1H.